The van der Waals surface area contributed by atoms with Gasteiger partial charge in [0.1, 0.15) is 6.54 Å². The number of nitrogens with zero attached hydrogens (tertiary/aromatic N) is 4. The van der Waals surface area contributed by atoms with Crippen molar-refractivity contribution < 1.29 is 18.3 Å². The molecule has 0 aliphatic rings. The predicted molar refractivity (Wildman–Crippen MR) is 126 cm³/mol. The van der Waals surface area contributed by atoms with E-state index in [1.165, 1.54) is 16.7 Å². The van der Waals surface area contributed by atoms with Crippen LogP contribution in [0.3, 0.4) is 0 Å². The summed E-state index contributed by atoms with van der Waals surface area (Å²) in [5.41, 5.74) is 2.12. The van der Waals surface area contributed by atoms with Gasteiger partial charge < -0.3 is 9.67 Å². The van der Waals surface area contributed by atoms with Crippen LogP contribution in [0.2, 0.25) is 0 Å². The number of aromatic hydroxyl groups is 1. The summed E-state index contributed by atoms with van der Waals surface area (Å²) in [5, 5.41) is 18.7. The highest BCUT2D eigenvalue weighted by Crippen LogP contribution is 2.37. The summed E-state index contributed by atoms with van der Waals surface area (Å²) in [6, 6.07) is 21.9. The Morgan fingerprint density at radius 1 is 0.970 bits per heavy atom. The van der Waals surface area contributed by atoms with Crippen LogP contribution >= 0.6 is 0 Å². The van der Waals surface area contributed by atoms with Gasteiger partial charge in [0.05, 0.1) is 16.1 Å². The molecule has 33 heavy (non-hydrogen) atoms. The van der Waals surface area contributed by atoms with Crippen LogP contribution in [0.25, 0.3) is 10.9 Å². The topological polar surface area (TPSA) is 104 Å². The monoisotopic (exact) mass is 462 g/mol. The van der Waals surface area contributed by atoms with E-state index in [1.54, 1.807) is 67.7 Å². The third kappa shape index (κ3) is 4.35. The Hall–Kier alpha value is -3.98. The van der Waals surface area contributed by atoms with E-state index in [4.69, 9.17) is 0 Å². The van der Waals surface area contributed by atoms with Gasteiger partial charge >= 0.3 is 0 Å². The molecule has 4 rings (SSSR count). The van der Waals surface area contributed by atoms with Crippen molar-refractivity contribution in [3.8, 4) is 5.88 Å². The number of fused-ring (bicyclic) bond motifs is 1. The molecule has 0 radical (unpaired) electrons. The molecule has 0 saturated carbocycles. The zero-order valence-electron chi connectivity index (χ0n) is 18.1. The lowest BCUT2D eigenvalue weighted by atomic mass is 10.2. The summed E-state index contributed by atoms with van der Waals surface area (Å²) in [7, 11) is -2.36. The molecule has 1 amide bonds. The van der Waals surface area contributed by atoms with E-state index >= 15 is 0 Å². The number of aromatic nitrogens is 1. The first-order chi connectivity index (χ1) is 15.8. The van der Waals surface area contributed by atoms with E-state index < -0.39 is 22.5 Å². The molecule has 0 spiro atoms. The Morgan fingerprint density at radius 2 is 1.61 bits per heavy atom. The second-order valence-electron chi connectivity index (χ2n) is 7.50. The van der Waals surface area contributed by atoms with E-state index in [0.717, 1.165) is 15.4 Å². The molecule has 0 fully saturated rings. The Balaban J connectivity index is 1.67. The Kier molecular flexibility index (Phi) is 5.97. The van der Waals surface area contributed by atoms with Gasteiger partial charge in [-0.25, -0.2) is 8.42 Å². The first-order valence-corrected chi connectivity index (χ1v) is 11.6. The van der Waals surface area contributed by atoms with E-state index in [0.29, 0.717) is 11.1 Å². The molecule has 1 heterocycles. The molecular formula is C24H22N4O4S. The smallest absolute Gasteiger partial charge is 0.285 e. The van der Waals surface area contributed by atoms with Gasteiger partial charge in [-0.05, 0) is 37.3 Å². The predicted octanol–water partition coefficient (Wildman–Crippen LogP) is 4.70. The third-order valence-electron chi connectivity index (χ3n) is 5.24. The van der Waals surface area contributed by atoms with Crippen LogP contribution in [0.15, 0.2) is 94.0 Å². The molecule has 3 aromatic carbocycles. The van der Waals surface area contributed by atoms with Crippen LogP contribution in [0.5, 0.6) is 5.88 Å². The van der Waals surface area contributed by atoms with Crippen molar-refractivity contribution in [2.75, 3.05) is 10.8 Å². The number of para-hydroxylation sites is 2. The average molecular weight is 463 g/mol. The number of carbonyl (C=O) groups excluding carboxylic acids is 1. The maximum atomic E-state index is 13.3. The van der Waals surface area contributed by atoms with E-state index in [-0.39, 0.29) is 16.5 Å². The largest absolute Gasteiger partial charge is 0.493 e. The summed E-state index contributed by atoms with van der Waals surface area (Å²) >= 11 is 0. The number of carbonyl (C=O) groups is 1. The van der Waals surface area contributed by atoms with Crippen molar-refractivity contribution in [3.63, 3.8) is 0 Å². The van der Waals surface area contributed by atoms with Gasteiger partial charge in [-0.2, -0.15) is 0 Å². The fraction of sp³-hybridized carbons (Fsp3) is 0.125. The van der Waals surface area contributed by atoms with Gasteiger partial charge in [-0.1, -0.05) is 54.1 Å². The fourth-order valence-electron chi connectivity index (χ4n) is 3.47. The standard InChI is InChI=1S/C24H22N4O4S/c1-17-12-14-19(15-13-17)33(31,32)28(18-8-4-3-5-9-18)16-22(29)25-26-23-20-10-6-7-11-21(20)27(2)24(23)30/h3-15,30H,16H2,1-2H3. The fourth-order valence-corrected chi connectivity index (χ4v) is 4.88. The quantitative estimate of drug-likeness (QED) is 0.419. The first kappa shape index (κ1) is 22.2. The number of hydrogen-bond donors (Lipinski definition) is 1. The molecule has 1 N–H and O–H groups in total. The molecular weight excluding hydrogens is 440 g/mol. The SMILES string of the molecule is Cc1ccc(S(=O)(=O)N(CC(=O)N=Nc2c(O)n(C)c3ccccc23)c2ccccc2)cc1. The third-order valence-corrected chi connectivity index (χ3v) is 7.03. The van der Waals surface area contributed by atoms with Crippen LogP contribution in [0, 0.1) is 6.92 Å². The van der Waals surface area contributed by atoms with Gasteiger partial charge in [0.25, 0.3) is 15.9 Å². The summed E-state index contributed by atoms with van der Waals surface area (Å²) in [4.78, 5) is 12.8. The zero-order chi connectivity index (χ0) is 23.6. The van der Waals surface area contributed by atoms with Gasteiger partial charge in [-0.15, -0.1) is 10.2 Å². The van der Waals surface area contributed by atoms with Crippen molar-refractivity contribution >= 4 is 38.2 Å². The number of amides is 1. The summed E-state index contributed by atoms with van der Waals surface area (Å²) in [6.45, 7) is 1.31. The molecule has 168 valence electrons. The molecule has 1 aromatic heterocycles. The highest BCUT2D eigenvalue weighted by atomic mass is 32.2. The molecule has 0 aliphatic heterocycles. The van der Waals surface area contributed by atoms with Gasteiger partial charge in [0.15, 0.2) is 5.69 Å². The zero-order valence-corrected chi connectivity index (χ0v) is 18.9. The number of azo groups is 1. The molecule has 0 atom stereocenters. The normalized spacial score (nSPS) is 11.8. The molecule has 0 bridgehead atoms. The van der Waals surface area contributed by atoms with Crippen LogP contribution in [0.4, 0.5) is 11.4 Å². The van der Waals surface area contributed by atoms with E-state index in [9.17, 15) is 18.3 Å². The summed E-state index contributed by atoms with van der Waals surface area (Å²) < 4.78 is 29.2. The van der Waals surface area contributed by atoms with Gasteiger partial charge in [0.2, 0.25) is 5.88 Å². The van der Waals surface area contributed by atoms with Crippen LogP contribution in [-0.4, -0.2) is 30.5 Å². The number of rotatable bonds is 6. The van der Waals surface area contributed by atoms with Gasteiger partial charge in [-0.3, -0.25) is 9.10 Å². The van der Waals surface area contributed by atoms with Crippen molar-refractivity contribution in [1.82, 2.24) is 4.57 Å². The average Bonchev–Trinajstić information content (AvgIpc) is 3.06. The Morgan fingerprint density at radius 3 is 2.30 bits per heavy atom. The lowest BCUT2D eigenvalue weighted by Crippen LogP contribution is -2.35. The number of anilines is 1. The van der Waals surface area contributed by atoms with Crippen LogP contribution in [-0.2, 0) is 21.9 Å². The first-order valence-electron chi connectivity index (χ1n) is 10.1. The van der Waals surface area contributed by atoms with E-state index in [1.807, 2.05) is 13.0 Å². The maximum absolute atomic E-state index is 13.3. The minimum Gasteiger partial charge on any atom is -0.493 e. The minimum absolute atomic E-state index is 0.0633. The van der Waals surface area contributed by atoms with Crippen molar-refractivity contribution in [1.29, 1.82) is 0 Å². The molecule has 0 unspecified atom stereocenters. The number of hydrogen-bond acceptors (Lipinski definition) is 5. The molecule has 0 saturated heterocycles. The highest BCUT2D eigenvalue weighted by molar-refractivity contribution is 7.92. The maximum Gasteiger partial charge on any atom is 0.285 e. The van der Waals surface area contributed by atoms with Crippen molar-refractivity contribution in [2.24, 2.45) is 17.3 Å². The van der Waals surface area contributed by atoms with Crippen molar-refractivity contribution in [3.05, 3.63) is 84.4 Å². The number of benzene rings is 3. The summed E-state index contributed by atoms with van der Waals surface area (Å²) in [6.07, 6.45) is 0. The van der Waals surface area contributed by atoms with E-state index in [2.05, 4.69) is 10.2 Å². The molecule has 8 nitrogen and oxygen atoms in total. The molecule has 0 aliphatic carbocycles. The molecule has 9 heteroatoms. The Bertz CT molecular complexity index is 1440. The minimum atomic E-state index is -4.03. The lowest BCUT2D eigenvalue weighted by molar-refractivity contribution is -0.116. The van der Waals surface area contributed by atoms with Crippen LogP contribution in [0.1, 0.15) is 5.56 Å². The number of aryl methyl sites for hydroxylation is 2. The van der Waals surface area contributed by atoms with Crippen LogP contribution < -0.4 is 4.31 Å². The van der Waals surface area contributed by atoms with Crippen molar-refractivity contribution in [2.45, 2.75) is 11.8 Å². The summed E-state index contributed by atoms with van der Waals surface area (Å²) in [5.74, 6) is -0.915. The second-order valence-corrected chi connectivity index (χ2v) is 9.36. The molecule has 4 aromatic rings. The van der Waals surface area contributed by atoms with Gasteiger partial charge in [0, 0.05) is 12.4 Å². The Labute approximate surface area is 191 Å². The highest BCUT2D eigenvalue weighted by Gasteiger charge is 2.27. The number of sulfonamides is 1. The second kappa shape index (κ2) is 8.87. The lowest BCUT2D eigenvalue weighted by Gasteiger charge is -2.23.